The van der Waals surface area contributed by atoms with Crippen LogP contribution in [0.15, 0.2) is 66.7 Å². The number of carboxylic acids is 1. The number of benzene rings is 3. The van der Waals surface area contributed by atoms with Gasteiger partial charge in [-0.15, -0.1) is 0 Å². The average Bonchev–Trinajstić information content (AvgIpc) is 2.73. The zero-order valence-electron chi connectivity index (χ0n) is 17.3. The van der Waals surface area contributed by atoms with Gasteiger partial charge in [0.1, 0.15) is 5.75 Å². The highest BCUT2D eigenvalue weighted by atomic mass is 16.5. The number of aromatic carboxylic acids is 1. The van der Waals surface area contributed by atoms with E-state index in [0.29, 0.717) is 11.4 Å². The summed E-state index contributed by atoms with van der Waals surface area (Å²) in [7, 11) is 3.57. The Balaban J connectivity index is 1.48. The normalized spacial score (nSPS) is 13.4. The molecule has 154 valence electrons. The van der Waals surface area contributed by atoms with Gasteiger partial charge in [0, 0.05) is 24.1 Å². The summed E-state index contributed by atoms with van der Waals surface area (Å²) in [5.74, 6) is 0.250. The fourth-order valence-corrected chi connectivity index (χ4v) is 3.72. The van der Waals surface area contributed by atoms with Gasteiger partial charge in [-0.05, 0) is 78.9 Å². The molecule has 5 heteroatoms. The lowest BCUT2D eigenvalue weighted by Crippen LogP contribution is -2.11. The van der Waals surface area contributed by atoms with E-state index in [1.807, 2.05) is 31.3 Å². The first-order valence-corrected chi connectivity index (χ1v) is 10.2. The molecule has 4 rings (SSSR count). The maximum Gasteiger partial charge on any atom is 0.337 e. The third kappa shape index (κ3) is 4.10. The molecule has 0 aromatic heterocycles. The van der Waals surface area contributed by atoms with Gasteiger partial charge in [-0.2, -0.15) is 0 Å². The molecule has 0 radical (unpaired) electrons. The second kappa shape index (κ2) is 8.49. The van der Waals surface area contributed by atoms with Crippen molar-refractivity contribution in [3.8, 4) is 5.75 Å². The summed E-state index contributed by atoms with van der Waals surface area (Å²) in [6.45, 7) is 0. The lowest BCUT2D eigenvalue weighted by molar-refractivity contribution is 0.0697. The number of hydrogen-bond acceptors (Lipinski definition) is 4. The highest BCUT2D eigenvalue weighted by Crippen LogP contribution is 2.37. The van der Waals surface area contributed by atoms with E-state index >= 15 is 0 Å². The van der Waals surface area contributed by atoms with Crippen LogP contribution >= 0.6 is 0 Å². The fraction of sp³-hybridized carbons (Fsp3) is 0.240. The minimum absolute atomic E-state index is 0.169. The van der Waals surface area contributed by atoms with Crippen LogP contribution < -0.4 is 15.0 Å². The van der Waals surface area contributed by atoms with Crippen molar-refractivity contribution in [2.24, 2.45) is 0 Å². The molecule has 3 aromatic rings. The topological polar surface area (TPSA) is 61.8 Å². The van der Waals surface area contributed by atoms with Crippen molar-refractivity contribution in [1.82, 2.24) is 0 Å². The minimum Gasteiger partial charge on any atom is -0.497 e. The molecule has 1 aliphatic carbocycles. The number of nitrogens with one attached hydrogen (secondary N) is 1. The minimum atomic E-state index is -1.00. The Morgan fingerprint density at radius 2 is 1.63 bits per heavy atom. The molecule has 0 atom stereocenters. The van der Waals surface area contributed by atoms with E-state index in [-0.39, 0.29) is 5.56 Å². The van der Waals surface area contributed by atoms with Gasteiger partial charge in [0.05, 0.1) is 18.4 Å². The van der Waals surface area contributed by atoms with Gasteiger partial charge in [0.2, 0.25) is 0 Å². The third-order valence-corrected chi connectivity index (χ3v) is 5.85. The lowest BCUT2D eigenvalue weighted by Gasteiger charge is -2.27. The number of hydrogen-bond donors (Lipinski definition) is 2. The van der Waals surface area contributed by atoms with Crippen LogP contribution in [0, 0.1) is 0 Å². The molecular weight excluding hydrogens is 376 g/mol. The first-order chi connectivity index (χ1) is 14.5. The predicted octanol–water partition coefficient (Wildman–Crippen LogP) is 6.17. The molecule has 0 heterocycles. The summed E-state index contributed by atoms with van der Waals surface area (Å²) in [6, 6.07) is 21.7. The van der Waals surface area contributed by atoms with Crippen molar-refractivity contribution in [3.05, 3.63) is 77.9 Å². The van der Waals surface area contributed by atoms with E-state index in [0.717, 1.165) is 23.0 Å². The zero-order chi connectivity index (χ0) is 21.1. The van der Waals surface area contributed by atoms with Crippen molar-refractivity contribution in [2.75, 3.05) is 24.4 Å². The van der Waals surface area contributed by atoms with Crippen LogP contribution in [0.3, 0.4) is 0 Å². The highest BCUT2D eigenvalue weighted by molar-refractivity contribution is 5.95. The van der Waals surface area contributed by atoms with Crippen LogP contribution in [0.2, 0.25) is 0 Å². The largest absolute Gasteiger partial charge is 0.497 e. The van der Waals surface area contributed by atoms with E-state index in [9.17, 15) is 9.90 Å². The van der Waals surface area contributed by atoms with Gasteiger partial charge < -0.3 is 20.1 Å². The number of anilines is 4. The van der Waals surface area contributed by atoms with Crippen LogP contribution in [0.4, 0.5) is 22.7 Å². The second-order valence-corrected chi connectivity index (χ2v) is 7.67. The molecule has 2 N–H and O–H groups in total. The average molecular weight is 402 g/mol. The standard InChI is InChI=1S/C25H26N2O3/c1-27(20-10-6-18(7-11-20)17-4-3-5-17)21-12-8-19(9-13-21)26-24-15-14-22(30-2)16-23(24)25(28)29/h6-17,26H,3-5H2,1-2H3,(H,28,29). The molecule has 1 saturated carbocycles. The Kier molecular flexibility index (Phi) is 5.61. The van der Waals surface area contributed by atoms with Crippen LogP contribution in [0.5, 0.6) is 5.75 Å². The van der Waals surface area contributed by atoms with Gasteiger partial charge in [0.25, 0.3) is 0 Å². The summed E-state index contributed by atoms with van der Waals surface area (Å²) >= 11 is 0. The van der Waals surface area contributed by atoms with Crippen LogP contribution in [0.1, 0.15) is 41.1 Å². The molecule has 0 bridgehead atoms. The number of methoxy groups -OCH3 is 1. The SMILES string of the molecule is COc1ccc(Nc2ccc(N(C)c3ccc(C4CCC4)cc3)cc2)c(C(=O)O)c1. The van der Waals surface area contributed by atoms with Gasteiger partial charge in [-0.25, -0.2) is 4.79 Å². The molecule has 0 unspecified atom stereocenters. The van der Waals surface area contributed by atoms with Gasteiger partial charge in [-0.3, -0.25) is 0 Å². The molecule has 5 nitrogen and oxygen atoms in total. The highest BCUT2D eigenvalue weighted by Gasteiger charge is 2.19. The van der Waals surface area contributed by atoms with Gasteiger partial charge >= 0.3 is 5.97 Å². The first-order valence-electron chi connectivity index (χ1n) is 10.2. The van der Waals surface area contributed by atoms with Gasteiger partial charge in [0.15, 0.2) is 0 Å². The summed E-state index contributed by atoms with van der Waals surface area (Å²) < 4.78 is 5.13. The van der Waals surface area contributed by atoms with Crippen molar-refractivity contribution >= 4 is 28.7 Å². The predicted molar refractivity (Wildman–Crippen MR) is 121 cm³/mol. The van der Waals surface area contributed by atoms with E-state index in [4.69, 9.17) is 4.74 Å². The molecule has 1 fully saturated rings. The summed E-state index contributed by atoms with van der Waals surface area (Å²) in [5, 5.41) is 12.7. The zero-order valence-corrected chi connectivity index (χ0v) is 17.3. The van der Waals surface area contributed by atoms with E-state index in [1.165, 1.54) is 38.0 Å². The van der Waals surface area contributed by atoms with Gasteiger partial charge in [-0.1, -0.05) is 18.6 Å². The van der Waals surface area contributed by atoms with E-state index in [2.05, 4.69) is 34.5 Å². The Bertz CT molecular complexity index is 1030. The van der Waals surface area contributed by atoms with Crippen LogP contribution in [0.25, 0.3) is 0 Å². The smallest absolute Gasteiger partial charge is 0.337 e. The molecule has 0 amide bonds. The maximum absolute atomic E-state index is 11.6. The lowest BCUT2D eigenvalue weighted by atomic mass is 9.80. The Morgan fingerprint density at radius 1 is 1.00 bits per heavy atom. The fourth-order valence-electron chi connectivity index (χ4n) is 3.72. The third-order valence-electron chi connectivity index (χ3n) is 5.85. The molecule has 30 heavy (non-hydrogen) atoms. The number of nitrogens with zero attached hydrogens (tertiary/aromatic N) is 1. The van der Waals surface area contributed by atoms with Crippen molar-refractivity contribution in [1.29, 1.82) is 0 Å². The monoisotopic (exact) mass is 402 g/mol. The maximum atomic E-state index is 11.6. The van der Waals surface area contributed by atoms with E-state index < -0.39 is 5.97 Å². The summed E-state index contributed by atoms with van der Waals surface area (Å²) in [4.78, 5) is 13.7. The Labute approximate surface area is 176 Å². The molecule has 0 saturated heterocycles. The van der Waals surface area contributed by atoms with Crippen molar-refractivity contribution < 1.29 is 14.6 Å². The molecule has 0 spiro atoms. The molecule has 0 aliphatic heterocycles. The number of ether oxygens (including phenoxy) is 1. The van der Waals surface area contributed by atoms with Crippen LogP contribution in [-0.2, 0) is 0 Å². The Morgan fingerprint density at radius 3 is 2.17 bits per heavy atom. The second-order valence-electron chi connectivity index (χ2n) is 7.67. The first kappa shape index (κ1) is 19.8. The quantitative estimate of drug-likeness (QED) is 0.495. The van der Waals surface area contributed by atoms with E-state index in [1.54, 1.807) is 12.1 Å². The van der Waals surface area contributed by atoms with Crippen molar-refractivity contribution in [2.45, 2.75) is 25.2 Å². The van der Waals surface area contributed by atoms with Crippen molar-refractivity contribution in [3.63, 3.8) is 0 Å². The number of carbonyl (C=O) groups is 1. The number of carboxylic acid groups (broad SMARTS) is 1. The molecular formula is C25H26N2O3. The number of rotatable bonds is 7. The summed E-state index contributed by atoms with van der Waals surface area (Å²) in [6.07, 6.45) is 3.96. The molecule has 3 aromatic carbocycles. The summed E-state index contributed by atoms with van der Waals surface area (Å²) in [5.41, 5.74) is 5.15. The Hall–Kier alpha value is -3.47. The molecule has 1 aliphatic rings. The van der Waals surface area contributed by atoms with Crippen LogP contribution in [-0.4, -0.2) is 25.2 Å².